The molecule has 2 rings (SSSR count). The molecule has 17 heavy (non-hydrogen) atoms. The summed E-state index contributed by atoms with van der Waals surface area (Å²) in [6, 6.07) is 0. The van der Waals surface area contributed by atoms with Gasteiger partial charge in [0.05, 0.1) is 21.9 Å². The zero-order valence-corrected chi connectivity index (χ0v) is 11.3. The van der Waals surface area contributed by atoms with Crippen LogP contribution in [0.5, 0.6) is 0 Å². The Morgan fingerprint density at radius 1 is 1.41 bits per heavy atom. The van der Waals surface area contributed by atoms with Crippen molar-refractivity contribution < 1.29 is 4.79 Å². The second-order valence-electron chi connectivity index (χ2n) is 3.63. The number of carbonyl (C=O) groups excluding carboxylic acids is 1. The number of nitrogens with one attached hydrogen (secondary N) is 1. The highest BCUT2D eigenvalue weighted by atomic mass is 32.1. The van der Waals surface area contributed by atoms with E-state index < -0.39 is 0 Å². The minimum absolute atomic E-state index is 0.0445. The summed E-state index contributed by atoms with van der Waals surface area (Å²) < 4.78 is 0. The van der Waals surface area contributed by atoms with Gasteiger partial charge in [0.1, 0.15) is 4.88 Å². The quantitative estimate of drug-likeness (QED) is 0.924. The van der Waals surface area contributed by atoms with Crippen LogP contribution < -0.4 is 5.32 Å². The largest absolute Gasteiger partial charge is 0.351 e. The van der Waals surface area contributed by atoms with Crippen molar-refractivity contribution in [2.45, 2.75) is 20.3 Å². The van der Waals surface area contributed by atoms with E-state index in [0.717, 1.165) is 22.8 Å². The zero-order valence-electron chi connectivity index (χ0n) is 9.69. The van der Waals surface area contributed by atoms with Gasteiger partial charge in [-0.15, -0.1) is 22.7 Å². The summed E-state index contributed by atoms with van der Waals surface area (Å²) in [5.74, 6) is -0.0445. The predicted octanol–water partition coefficient (Wildman–Crippen LogP) is 2.19. The maximum Gasteiger partial charge on any atom is 0.263 e. The van der Waals surface area contributed by atoms with Crippen molar-refractivity contribution in [2.24, 2.45) is 0 Å². The average molecular weight is 267 g/mol. The van der Waals surface area contributed by atoms with Crippen LogP contribution in [0, 0.1) is 13.8 Å². The Kier molecular flexibility index (Phi) is 3.86. The van der Waals surface area contributed by atoms with E-state index in [4.69, 9.17) is 0 Å². The van der Waals surface area contributed by atoms with E-state index >= 15 is 0 Å². The molecule has 1 amide bonds. The summed E-state index contributed by atoms with van der Waals surface area (Å²) in [4.78, 5) is 20.9. The first-order valence-electron chi connectivity index (χ1n) is 5.26. The first kappa shape index (κ1) is 12.2. The highest BCUT2D eigenvalue weighted by molar-refractivity contribution is 7.11. The van der Waals surface area contributed by atoms with E-state index in [9.17, 15) is 4.79 Å². The van der Waals surface area contributed by atoms with Crippen LogP contribution in [-0.4, -0.2) is 22.4 Å². The molecule has 1 N–H and O–H groups in total. The van der Waals surface area contributed by atoms with Crippen LogP contribution in [0.4, 0.5) is 0 Å². The Morgan fingerprint density at radius 2 is 2.24 bits per heavy atom. The Bertz CT molecular complexity index is 518. The summed E-state index contributed by atoms with van der Waals surface area (Å²) in [6.07, 6.45) is 0.772. The Balaban J connectivity index is 1.83. The van der Waals surface area contributed by atoms with E-state index in [1.165, 1.54) is 11.3 Å². The van der Waals surface area contributed by atoms with Gasteiger partial charge in [0.25, 0.3) is 5.91 Å². The van der Waals surface area contributed by atoms with Gasteiger partial charge in [0.15, 0.2) is 0 Å². The zero-order chi connectivity index (χ0) is 12.3. The molecule has 0 spiro atoms. The van der Waals surface area contributed by atoms with E-state index in [2.05, 4.69) is 15.3 Å². The molecule has 4 nitrogen and oxygen atoms in total. The van der Waals surface area contributed by atoms with Gasteiger partial charge in [-0.3, -0.25) is 4.79 Å². The van der Waals surface area contributed by atoms with Crippen LogP contribution in [0.2, 0.25) is 0 Å². The predicted molar refractivity (Wildman–Crippen MR) is 69.7 cm³/mol. The first-order chi connectivity index (χ1) is 8.16. The minimum Gasteiger partial charge on any atom is -0.351 e. The third kappa shape index (κ3) is 3.10. The molecule has 90 valence electrons. The van der Waals surface area contributed by atoms with Gasteiger partial charge < -0.3 is 5.32 Å². The molecule has 0 fully saturated rings. The highest BCUT2D eigenvalue weighted by Crippen LogP contribution is 2.11. The number of aryl methyl sites for hydroxylation is 2. The molecule has 0 saturated heterocycles. The van der Waals surface area contributed by atoms with E-state index in [-0.39, 0.29) is 5.91 Å². The van der Waals surface area contributed by atoms with Crippen LogP contribution in [0.25, 0.3) is 0 Å². The van der Waals surface area contributed by atoms with Crippen LogP contribution in [0.15, 0.2) is 10.9 Å². The molecule has 0 aliphatic heterocycles. The van der Waals surface area contributed by atoms with Crippen LogP contribution in [0.1, 0.15) is 26.1 Å². The normalized spacial score (nSPS) is 10.5. The summed E-state index contributed by atoms with van der Waals surface area (Å²) in [7, 11) is 0. The minimum atomic E-state index is -0.0445. The molecule has 0 aromatic carbocycles. The Morgan fingerprint density at radius 3 is 2.82 bits per heavy atom. The van der Waals surface area contributed by atoms with Crippen molar-refractivity contribution in [1.82, 2.24) is 15.3 Å². The smallest absolute Gasteiger partial charge is 0.263 e. The second-order valence-corrected chi connectivity index (χ2v) is 5.55. The van der Waals surface area contributed by atoms with Crippen LogP contribution >= 0.6 is 22.7 Å². The third-order valence-corrected chi connectivity index (χ3v) is 4.03. The fraction of sp³-hybridized carbons (Fsp3) is 0.364. The second kappa shape index (κ2) is 5.37. The molecule has 0 aliphatic carbocycles. The maximum absolute atomic E-state index is 11.8. The summed E-state index contributed by atoms with van der Waals surface area (Å²) in [5.41, 5.74) is 3.51. The molecule has 0 bridgehead atoms. The van der Waals surface area contributed by atoms with Crippen molar-refractivity contribution in [3.8, 4) is 0 Å². The van der Waals surface area contributed by atoms with E-state index in [1.807, 2.05) is 19.2 Å². The van der Waals surface area contributed by atoms with E-state index in [1.54, 1.807) is 16.8 Å². The molecule has 2 aromatic heterocycles. The number of hydrogen-bond donors (Lipinski definition) is 1. The molecule has 2 aromatic rings. The number of carbonyl (C=O) groups is 1. The van der Waals surface area contributed by atoms with Gasteiger partial charge in [0.2, 0.25) is 0 Å². The first-order valence-corrected chi connectivity index (χ1v) is 7.02. The van der Waals surface area contributed by atoms with Gasteiger partial charge in [0, 0.05) is 18.3 Å². The van der Waals surface area contributed by atoms with Crippen LogP contribution in [0.3, 0.4) is 0 Å². The molecule has 0 unspecified atom stereocenters. The number of thiazole rings is 2. The third-order valence-electron chi connectivity index (χ3n) is 2.29. The summed E-state index contributed by atoms with van der Waals surface area (Å²) in [6.45, 7) is 4.43. The van der Waals surface area contributed by atoms with Gasteiger partial charge >= 0.3 is 0 Å². The lowest BCUT2D eigenvalue weighted by atomic mass is 10.3. The number of aromatic nitrogens is 2. The summed E-state index contributed by atoms with van der Waals surface area (Å²) in [5, 5.41) is 5.97. The molecular weight excluding hydrogens is 254 g/mol. The van der Waals surface area contributed by atoms with Crippen LogP contribution in [-0.2, 0) is 6.42 Å². The van der Waals surface area contributed by atoms with Crippen molar-refractivity contribution in [1.29, 1.82) is 0 Å². The molecule has 2 heterocycles. The Hall–Kier alpha value is -1.27. The number of rotatable bonds is 4. The Labute approximate surface area is 108 Å². The SMILES string of the molecule is Cc1nc(CCNC(=O)c2scnc2C)cs1. The topological polar surface area (TPSA) is 54.9 Å². The van der Waals surface area contributed by atoms with Gasteiger partial charge in [-0.25, -0.2) is 9.97 Å². The fourth-order valence-corrected chi connectivity index (χ4v) is 2.79. The molecule has 0 atom stereocenters. The van der Waals surface area contributed by atoms with Crippen molar-refractivity contribution >= 4 is 28.6 Å². The van der Waals surface area contributed by atoms with Gasteiger partial charge in [-0.2, -0.15) is 0 Å². The number of hydrogen-bond acceptors (Lipinski definition) is 5. The fourth-order valence-electron chi connectivity index (χ4n) is 1.43. The number of nitrogens with zero attached hydrogens (tertiary/aromatic N) is 2. The monoisotopic (exact) mass is 267 g/mol. The van der Waals surface area contributed by atoms with Gasteiger partial charge in [-0.05, 0) is 13.8 Å². The molecule has 6 heteroatoms. The van der Waals surface area contributed by atoms with Gasteiger partial charge in [-0.1, -0.05) is 0 Å². The average Bonchev–Trinajstić information content (AvgIpc) is 2.87. The molecule has 0 saturated carbocycles. The molecule has 0 radical (unpaired) electrons. The number of amides is 1. The molecule has 0 aliphatic rings. The van der Waals surface area contributed by atoms with Crippen molar-refractivity contribution in [3.63, 3.8) is 0 Å². The standard InChI is InChI=1S/C11H13N3OS2/c1-7-10(17-6-13-7)11(15)12-4-3-9-5-16-8(2)14-9/h5-6H,3-4H2,1-2H3,(H,12,15). The lowest BCUT2D eigenvalue weighted by Crippen LogP contribution is -2.25. The van der Waals surface area contributed by atoms with E-state index in [0.29, 0.717) is 11.4 Å². The lowest BCUT2D eigenvalue weighted by molar-refractivity contribution is 0.0957. The highest BCUT2D eigenvalue weighted by Gasteiger charge is 2.10. The lowest BCUT2D eigenvalue weighted by Gasteiger charge is -2.02. The molecular formula is C11H13N3OS2. The maximum atomic E-state index is 11.8. The van der Waals surface area contributed by atoms with Crippen molar-refractivity contribution in [3.05, 3.63) is 32.2 Å². The summed E-state index contributed by atoms with van der Waals surface area (Å²) >= 11 is 3.00. The van der Waals surface area contributed by atoms with Crippen molar-refractivity contribution in [2.75, 3.05) is 6.54 Å².